The standard InChI is InChI=1S/C10H8BrN3/c11-9-3-1-8(2-4-9)7-10-12-5-6-13-14-10/h1-6H,7H2. The Balaban J connectivity index is 2.16. The van der Waals surface area contributed by atoms with Gasteiger partial charge in [-0.25, -0.2) is 4.98 Å². The molecule has 0 N–H and O–H groups in total. The van der Waals surface area contributed by atoms with E-state index >= 15 is 0 Å². The molecule has 0 atom stereocenters. The summed E-state index contributed by atoms with van der Waals surface area (Å²) in [6.07, 6.45) is 3.95. The Morgan fingerprint density at radius 3 is 2.50 bits per heavy atom. The van der Waals surface area contributed by atoms with Gasteiger partial charge >= 0.3 is 0 Å². The van der Waals surface area contributed by atoms with Gasteiger partial charge in [0.15, 0.2) is 5.82 Å². The van der Waals surface area contributed by atoms with Crippen molar-refractivity contribution >= 4 is 15.9 Å². The van der Waals surface area contributed by atoms with Gasteiger partial charge in [0.1, 0.15) is 0 Å². The Bertz CT molecular complexity index is 399. The Morgan fingerprint density at radius 1 is 1.07 bits per heavy atom. The Hall–Kier alpha value is -1.29. The summed E-state index contributed by atoms with van der Waals surface area (Å²) in [6, 6.07) is 8.10. The summed E-state index contributed by atoms with van der Waals surface area (Å²) in [5.41, 5.74) is 1.18. The first kappa shape index (κ1) is 9.27. The zero-order chi connectivity index (χ0) is 9.80. The molecule has 0 unspecified atom stereocenters. The number of hydrogen-bond donors (Lipinski definition) is 0. The van der Waals surface area contributed by atoms with Crippen molar-refractivity contribution in [1.29, 1.82) is 0 Å². The molecule has 0 fully saturated rings. The van der Waals surface area contributed by atoms with E-state index in [4.69, 9.17) is 0 Å². The van der Waals surface area contributed by atoms with Gasteiger partial charge < -0.3 is 0 Å². The fraction of sp³-hybridized carbons (Fsp3) is 0.100. The average molecular weight is 250 g/mol. The Kier molecular flexibility index (Phi) is 2.84. The van der Waals surface area contributed by atoms with Crippen molar-refractivity contribution in [1.82, 2.24) is 15.2 Å². The summed E-state index contributed by atoms with van der Waals surface area (Å²) in [5.74, 6) is 0.745. The van der Waals surface area contributed by atoms with Crippen LogP contribution >= 0.6 is 15.9 Å². The van der Waals surface area contributed by atoms with E-state index in [0.717, 1.165) is 16.7 Å². The predicted molar refractivity (Wildman–Crippen MR) is 56.8 cm³/mol. The van der Waals surface area contributed by atoms with Crippen LogP contribution in [0.4, 0.5) is 0 Å². The Labute approximate surface area is 90.3 Å². The fourth-order valence-corrected chi connectivity index (χ4v) is 1.41. The first-order valence-electron chi connectivity index (χ1n) is 4.21. The molecule has 14 heavy (non-hydrogen) atoms. The van der Waals surface area contributed by atoms with E-state index in [2.05, 4.69) is 31.1 Å². The fourth-order valence-electron chi connectivity index (χ4n) is 1.14. The van der Waals surface area contributed by atoms with Crippen molar-refractivity contribution < 1.29 is 0 Å². The molecule has 0 aliphatic carbocycles. The van der Waals surface area contributed by atoms with Crippen LogP contribution in [0, 0.1) is 0 Å². The van der Waals surface area contributed by atoms with Crippen LogP contribution in [0.1, 0.15) is 11.4 Å². The maximum Gasteiger partial charge on any atom is 0.155 e. The van der Waals surface area contributed by atoms with Crippen LogP contribution in [0.5, 0.6) is 0 Å². The van der Waals surface area contributed by atoms with Gasteiger partial charge in [0, 0.05) is 17.1 Å². The zero-order valence-corrected chi connectivity index (χ0v) is 8.98. The third-order valence-electron chi connectivity index (χ3n) is 1.81. The van der Waals surface area contributed by atoms with Gasteiger partial charge in [-0.1, -0.05) is 28.1 Å². The molecule has 0 aliphatic rings. The van der Waals surface area contributed by atoms with Gasteiger partial charge in [0.05, 0.1) is 6.20 Å². The lowest BCUT2D eigenvalue weighted by molar-refractivity contribution is 0.864. The maximum atomic E-state index is 4.11. The van der Waals surface area contributed by atoms with Crippen molar-refractivity contribution in [3.05, 3.63) is 52.5 Å². The minimum absolute atomic E-state index is 0.723. The highest BCUT2D eigenvalue weighted by molar-refractivity contribution is 9.10. The highest BCUT2D eigenvalue weighted by Crippen LogP contribution is 2.11. The van der Waals surface area contributed by atoms with Gasteiger partial charge in [-0.15, -0.1) is 5.10 Å². The molecule has 0 amide bonds. The average Bonchev–Trinajstić information content (AvgIpc) is 2.23. The van der Waals surface area contributed by atoms with Crippen molar-refractivity contribution in [2.45, 2.75) is 6.42 Å². The second kappa shape index (κ2) is 4.28. The molecule has 1 aromatic heterocycles. The van der Waals surface area contributed by atoms with Crippen LogP contribution in [-0.2, 0) is 6.42 Å². The topological polar surface area (TPSA) is 38.7 Å². The largest absolute Gasteiger partial charge is 0.237 e. The highest BCUT2D eigenvalue weighted by atomic mass is 79.9. The lowest BCUT2D eigenvalue weighted by Gasteiger charge is -1.98. The van der Waals surface area contributed by atoms with Crippen LogP contribution < -0.4 is 0 Å². The van der Waals surface area contributed by atoms with Gasteiger partial charge in [0.25, 0.3) is 0 Å². The third-order valence-corrected chi connectivity index (χ3v) is 2.33. The number of aromatic nitrogens is 3. The second-order valence-electron chi connectivity index (χ2n) is 2.86. The van der Waals surface area contributed by atoms with Crippen LogP contribution in [-0.4, -0.2) is 15.2 Å². The molecule has 2 rings (SSSR count). The molecule has 4 heteroatoms. The number of nitrogens with zero attached hydrogens (tertiary/aromatic N) is 3. The van der Waals surface area contributed by atoms with Gasteiger partial charge in [-0.3, -0.25) is 0 Å². The molecule has 0 bridgehead atoms. The zero-order valence-electron chi connectivity index (χ0n) is 7.39. The minimum Gasteiger partial charge on any atom is -0.237 e. The van der Waals surface area contributed by atoms with Gasteiger partial charge in [-0.2, -0.15) is 5.10 Å². The third kappa shape index (κ3) is 2.35. The van der Waals surface area contributed by atoms with Gasteiger partial charge in [0.2, 0.25) is 0 Å². The number of rotatable bonds is 2. The van der Waals surface area contributed by atoms with Crippen LogP contribution in [0.3, 0.4) is 0 Å². The van der Waals surface area contributed by atoms with E-state index in [1.165, 1.54) is 5.56 Å². The molecule has 0 radical (unpaired) electrons. The molecule has 3 nitrogen and oxygen atoms in total. The first-order chi connectivity index (χ1) is 6.84. The molecule has 1 aromatic carbocycles. The Morgan fingerprint density at radius 2 is 1.86 bits per heavy atom. The van der Waals surface area contributed by atoms with Crippen molar-refractivity contribution in [3.8, 4) is 0 Å². The molecule has 0 saturated heterocycles. The molecule has 0 aliphatic heterocycles. The molecule has 70 valence electrons. The summed E-state index contributed by atoms with van der Waals surface area (Å²) in [4.78, 5) is 4.11. The van der Waals surface area contributed by atoms with Crippen LogP contribution in [0.25, 0.3) is 0 Å². The quantitative estimate of drug-likeness (QED) is 0.820. The van der Waals surface area contributed by atoms with E-state index in [9.17, 15) is 0 Å². The van der Waals surface area contributed by atoms with E-state index in [-0.39, 0.29) is 0 Å². The number of hydrogen-bond acceptors (Lipinski definition) is 3. The summed E-state index contributed by atoms with van der Waals surface area (Å²) < 4.78 is 1.08. The summed E-state index contributed by atoms with van der Waals surface area (Å²) in [5, 5.41) is 7.70. The van der Waals surface area contributed by atoms with E-state index in [1.807, 2.05) is 24.3 Å². The minimum atomic E-state index is 0.723. The lowest BCUT2D eigenvalue weighted by atomic mass is 10.1. The molecular formula is C10H8BrN3. The van der Waals surface area contributed by atoms with Crippen molar-refractivity contribution in [2.24, 2.45) is 0 Å². The molecule has 1 heterocycles. The molecule has 0 spiro atoms. The second-order valence-corrected chi connectivity index (χ2v) is 3.78. The summed E-state index contributed by atoms with van der Waals surface area (Å²) in [6.45, 7) is 0. The molecular weight excluding hydrogens is 242 g/mol. The van der Waals surface area contributed by atoms with Crippen molar-refractivity contribution in [2.75, 3.05) is 0 Å². The highest BCUT2D eigenvalue weighted by Gasteiger charge is 1.98. The van der Waals surface area contributed by atoms with Crippen molar-refractivity contribution in [3.63, 3.8) is 0 Å². The van der Waals surface area contributed by atoms with E-state index in [1.54, 1.807) is 12.4 Å². The van der Waals surface area contributed by atoms with Crippen LogP contribution in [0.15, 0.2) is 41.1 Å². The number of halogens is 1. The van der Waals surface area contributed by atoms with Crippen LogP contribution in [0.2, 0.25) is 0 Å². The molecule has 2 aromatic rings. The number of benzene rings is 1. The van der Waals surface area contributed by atoms with Gasteiger partial charge in [-0.05, 0) is 17.7 Å². The monoisotopic (exact) mass is 249 g/mol. The first-order valence-corrected chi connectivity index (χ1v) is 5.01. The summed E-state index contributed by atoms with van der Waals surface area (Å²) in [7, 11) is 0. The predicted octanol–water partition coefficient (Wildman–Crippen LogP) is 2.22. The smallest absolute Gasteiger partial charge is 0.155 e. The molecule has 0 saturated carbocycles. The SMILES string of the molecule is Brc1ccc(Cc2nccnn2)cc1. The summed E-state index contributed by atoms with van der Waals surface area (Å²) >= 11 is 3.39. The maximum absolute atomic E-state index is 4.11. The lowest BCUT2D eigenvalue weighted by Crippen LogP contribution is -1.96. The van der Waals surface area contributed by atoms with E-state index in [0.29, 0.717) is 0 Å². The van der Waals surface area contributed by atoms with E-state index < -0.39 is 0 Å². The normalized spacial score (nSPS) is 10.1.